The van der Waals surface area contributed by atoms with Crippen LogP contribution in [0.15, 0.2) is 66.7 Å². The number of benzene rings is 3. The van der Waals surface area contributed by atoms with Crippen LogP contribution >= 0.6 is 11.3 Å². The molecule has 0 aliphatic rings. The Balaban J connectivity index is 1.60. The van der Waals surface area contributed by atoms with E-state index < -0.39 is 0 Å². The first-order valence-corrected chi connectivity index (χ1v) is 10.1. The van der Waals surface area contributed by atoms with Crippen LogP contribution in [0.5, 0.6) is 5.75 Å². The molecular weight excluding hydrogens is 382 g/mol. The van der Waals surface area contributed by atoms with Gasteiger partial charge in [0.15, 0.2) is 5.13 Å². The first-order valence-electron chi connectivity index (χ1n) is 9.27. The Morgan fingerprint density at radius 3 is 2.52 bits per heavy atom. The summed E-state index contributed by atoms with van der Waals surface area (Å²) in [5.41, 5.74) is 4.72. The first-order chi connectivity index (χ1) is 14.1. The van der Waals surface area contributed by atoms with Crippen molar-refractivity contribution >= 4 is 38.3 Å². The second-order valence-electron chi connectivity index (χ2n) is 6.67. The second-order valence-corrected chi connectivity index (χ2v) is 7.67. The van der Waals surface area contributed by atoms with Crippen LogP contribution < -0.4 is 15.4 Å². The van der Waals surface area contributed by atoms with Crippen LogP contribution in [0.3, 0.4) is 0 Å². The van der Waals surface area contributed by atoms with Crippen LogP contribution in [-0.2, 0) is 6.54 Å². The van der Waals surface area contributed by atoms with Crippen LogP contribution in [-0.4, -0.2) is 18.0 Å². The molecule has 0 aliphatic carbocycles. The lowest BCUT2D eigenvalue weighted by Crippen LogP contribution is -2.11. The molecule has 5 nitrogen and oxygen atoms in total. The fourth-order valence-corrected chi connectivity index (χ4v) is 3.97. The zero-order valence-electron chi connectivity index (χ0n) is 16.2. The van der Waals surface area contributed by atoms with E-state index in [0.29, 0.717) is 23.0 Å². The quantitative estimate of drug-likeness (QED) is 0.448. The molecule has 0 radical (unpaired) electrons. The Bertz CT molecular complexity index is 1140. The third-order valence-electron chi connectivity index (χ3n) is 4.59. The highest BCUT2D eigenvalue weighted by Gasteiger charge is 2.15. The number of aryl methyl sites for hydroxylation is 1. The summed E-state index contributed by atoms with van der Waals surface area (Å²) in [5.74, 6) is 0.495. The van der Waals surface area contributed by atoms with Crippen molar-refractivity contribution in [1.82, 2.24) is 4.98 Å². The number of thiazole rings is 1. The number of nitrogens with one attached hydrogen (secondary N) is 2. The van der Waals surface area contributed by atoms with Gasteiger partial charge in [0.05, 0.1) is 17.5 Å². The predicted molar refractivity (Wildman–Crippen MR) is 119 cm³/mol. The van der Waals surface area contributed by atoms with Gasteiger partial charge in [0.1, 0.15) is 11.3 Å². The number of hydrogen-bond acceptors (Lipinski definition) is 5. The topological polar surface area (TPSA) is 63.2 Å². The van der Waals surface area contributed by atoms with E-state index in [0.717, 1.165) is 15.9 Å². The monoisotopic (exact) mass is 403 g/mol. The normalized spacial score (nSPS) is 10.7. The third-order valence-corrected chi connectivity index (χ3v) is 5.59. The molecule has 0 fully saturated rings. The largest absolute Gasteiger partial charge is 0.494 e. The van der Waals surface area contributed by atoms with Crippen molar-refractivity contribution in [3.63, 3.8) is 0 Å². The van der Waals surface area contributed by atoms with Crippen molar-refractivity contribution in [1.29, 1.82) is 0 Å². The Hall–Kier alpha value is -3.38. The van der Waals surface area contributed by atoms with E-state index in [9.17, 15) is 4.79 Å². The molecule has 6 heteroatoms. The minimum Gasteiger partial charge on any atom is -0.494 e. The van der Waals surface area contributed by atoms with E-state index in [2.05, 4.69) is 46.8 Å². The molecule has 1 heterocycles. The number of ether oxygens (including phenoxy) is 1. The zero-order valence-corrected chi connectivity index (χ0v) is 17.0. The van der Waals surface area contributed by atoms with Crippen LogP contribution in [0.4, 0.5) is 10.8 Å². The summed E-state index contributed by atoms with van der Waals surface area (Å²) < 4.78 is 6.41. The maximum atomic E-state index is 12.5. The van der Waals surface area contributed by atoms with Gasteiger partial charge in [-0.15, -0.1) is 0 Å². The van der Waals surface area contributed by atoms with Gasteiger partial charge in [-0.3, -0.25) is 10.1 Å². The molecule has 0 bridgehead atoms. The number of carbonyl (C=O) groups excluding carboxylic acids is 1. The first kappa shape index (κ1) is 19.0. The number of rotatable bonds is 6. The minimum absolute atomic E-state index is 0.183. The molecule has 4 aromatic rings. The lowest BCUT2D eigenvalue weighted by molar-refractivity contribution is 0.102. The summed E-state index contributed by atoms with van der Waals surface area (Å²) in [6.07, 6.45) is 0. The average Bonchev–Trinajstić information content (AvgIpc) is 3.17. The number of fused-ring (bicyclic) bond motifs is 1. The van der Waals surface area contributed by atoms with E-state index in [1.807, 2.05) is 30.3 Å². The second kappa shape index (κ2) is 8.32. The number of carbonyl (C=O) groups is 1. The number of hydrogen-bond donors (Lipinski definition) is 2. The Morgan fingerprint density at radius 1 is 1.03 bits per heavy atom. The van der Waals surface area contributed by atoms with Crippen molar-refractivity contribution < 1.29 is 9.53 Å². The fourth-order valence-electron chi connectivity index (χ4n) is 3.00. The average molecular weight is 404 g/mol. The molecule has 0 aliphatic heterocycles. The van der Waals surface area contributed by atoms with Crippen LogP contribution in [0.1, 0.15) is 21.5 Å². The molecule has 1 aromatic heterocycles. The summed E-state index contributed by atoms with van der Waals surface area (Å²) in [6, 6.07) is 21.4. The van der Waals surface area contributed by atoms with E-state index in [4.69, 9.17) is 4.74 Å². The molecule has 0 saturated heterocycles. The standard InChI is InChI=1S/C23H21N3O2S/c1-15-8-10-16(11-9-15)14-24-18-12-13-19(28-2)20-21(18)29-23(25-20)26-22(27)17-6-4-3-5-7-17/h3-13,24H,14H2,1-2H3,(H,25,26,27). The molecule has 1 amide bonds. The van der Waals surface area contributed by atoms with Crippen molar-refractivity contribution in [2.24, 2.45) is 0 Å². The van der Waals surface area contributed by atoms with Gasteiger partial charge in [-0.25, -0.2) is 4.98 Å². The van der Waals surface area contributed by atoms with Gasteiger partial charge in [0.25, 0.3) is 5.91 Å². The van der Waals surface area contributed by atoms with Crippen molar-refractivity contribution in [3.05, 3.63) is 83.4 Å². The highest BCUT2D eigenvalue weighted by molar-refractivity contribution is 7.23. The Labute approximate surface area is 173 Å². The number of methoxy groups -OCH3 is 1. The van der Waals surface area contributed by atoms with Crippen molar-refractivity contribution in [2.75, 3.05) is 17.7 Å². The molecule has 29 heavy (non-hydrogen) atoms. The van der Waals surface area contributed by atoms with Crippen molar-refractivity contribution in [2.45, 2.75) is 13.5 Å². The number of nitrogens with zero attached hydrogens (tertiary/aromatic N) is 1. The zero-order chi connectivity index (χ0) is 20.2. The van der Waals surface area contributed by atoms with E-state index >= 15 is 0 Å². The molecule has 0 atom stereocenters. The SMILES string of the molecule is COc1ccc(NCc2ccc(C)cc2)c2sc(NC(=O)c3ccccc3)nc12. The van der Waals surface area contributed by atoms with Gasteiger partial charge in [0.2, 0.25) is 0 Å². The third kappa shape index (κ3) is 4.22. The number of aromatic nitrogens is 1. The van der Waals surface area contributed by atoms with Gasteiger partial charge in [-0.1, -0.05) is 59.4 Å². The Kier molecular flexibility index (Phi) is 5.44. The van der Waals surface area contributed by atoms with E-state index in [1.165, 1.54) is 22.5 Å². The molecule has 2 N–H and O–H groups in total. The minimum atomic E-state index is -0.183. The van der Waals surface area contributed by atoms with Gasteiger partial charge in [-0.2, -0.15) is 0 Å². The smallest absolute Gasteiger partial charge is 0.257 e. The molecule has 0 spiro atoms. The highest BCUT2D eigenvalue weighted by Crippen LogP contribution is 2.38. The summed E-state index contributed by atoms with van der Waals surface area (Å²) in [6.45, 7) is 2.78. The maximum Gasteiger partial charge on any atom is 0.257 e. The van der Waals surface area contributed by atoms with E-state index in [-0.39, 0.29) is 5.91 Å². The summed E-state index contributed by atoms with van der Waals surface area (Å²) in [7, 11) is 1.62. The highest BCUT2D eigenvalue weighted by atomic mass is 32.1. The van der Waals surface area contributed by atoms with Gasteiger partial charge < -0.3 is 10.1 Å². The van der Waals surface area contributed by atoms with Crippen LogP contribution in [0.25, 0.3) is 10.2 Å². The summed E-state index contributed by atoms with van der Waals surface area (Å²) in [5, 5.41) is 6.91. The molecule has 0 unspecified atom stereocenters. The summed E-state index contributed by atoms with van der Waals surface area (Å²) >= 11 is 1.43. The number of amides is 1. The predicted octanol–water partition coefficient (Wildman–Crippen LogP) is 5.48. The summed E-state index contributed by atoms with van der Waals surface area (Å²) in [4.78, 5) is 17.1. The maximum absolute atomic E-state index is 12.5. The molecular formula is C23H21N3O2S. The van der Waals surface area contributed by atoms with Crippen molar-refractivity contribution in [3.8, 4) is 5.75 Å². The van der Waals surface area contributed by atoms with Gasteiger partial charge in [-0.05, 0) is 36.8 Å². The Morgan fingerprint density at radius 2 is 1.79 bits per heavy atom. The van der Waals surface area contributed by atoms with Gasteiger partial charge >= 0.3 is 0 Å². The molecule has 0 saturated carbocycles. The van der Waals surface area contributed by atoms with Crippen LogP contribution in [0, 0.1) is 6.92 Å². The van der Waals surface area contributed by atoms with Gasteiger partial charge in [0, 0.05) is 12.1 Å². The lowest BCUT2D eigenvalue weighted by Gasteiger charge is -2.09. The number of anilines is 2. The fraction of sp³-hybridized carbons (Fsp3) is 0.130. The molecule has 3 aromatic carbocycles. The van der Waals surface area contributed by atoms with Crippen LogP contribution in [0.2, 0.25) is 0 Å². The molecule has 4 rings (SSSR count). The molecule has 146 valence electrons. The van der Waals surface area contributed by atoms with E-state index in [1.54, 1.807) is 19.2 Å². The lowest BCUT2D eigenvalue weighted by atomic mass is 10.1.